The minimum Gasteiger partial charge on any atom is -0.462 e. The van der Waals surface area contributed by atoms with Crippen molar-refractivity contribution in [3.63, 3.8) is 0 Å². The van der Waals surface area contributed by atoms with Gasteiger partial charge in [0.2, 0.25) is 0 Å². The number of benzene rings is 2. The van der Waals surface area contributed by atoms with E-state index in [0.717, 1.165) is 11.3 Å². The average Bonchev–Trinajstić information content (AvgIpc) is 2.56. The first-order valence-electron chi connectivity index (χ1n) is 7.46. The van der Waals surface area contributed by atoms with E-state index in [2.05, 4.69) is 4.99 Å². The van der Waals surface area contributed by atoms with Crippen molar-refractivity contribution in [2.24, 2.45) is 10.7 Å². The molecular weight excluding hydrogens is 288 g/mol. The van der Waals surface area contributed by atoms with Crippen LogP contribution in [0.5, 0.6) is 0 Å². The zero-order chi connectivity index (χ0) is 16.7. The number of esters is 1. The summed E-state index contributed by atoms with van der Waals surface area (Å²) >= 11 is 0. The maximum atomic E-state index is 12.3. The van der Waals surface area contributed by atoms with Crippen LogP contribution in [0.25, 0.3) is 0 Å². The molecule has 0 unspecified atom stereocenters. The number of rotatable bonds is 5. The summed E-state index contributed by atoms with van der Waals surface area (Å²) in [7, 11) is 0. The molecule has 0 heterocycles. The lowest BCUT2D eigenvalue weighted by atomic mass is 10.0. The summed E-state index contributed by atoms with van der Waals surface area (Å²) in [5, 5.41) is 0. The van der Waals surface area contributed by atoms with Crippen LogP contribution in [0.1, 0.15) is 19.4 Å². The van der Waals surface area contributed by atoms with Gasteiger partial charge in [0.05, 0.1) is 18.0 Å². The molecule has 0 saturated heterocycles. The predicted molar refractivity (Wildman–Crippen MR) is 92.6 cm³/mol. The van der Waals surface area contributed by atoms with Gasteiger partial charge in [0.25, 0.3) is 0 Å². The van der Waals surface area contributed by atoms with Crippen LogP contribution in [-0.4, -0.2) is 18.3 Å². The molecule has 4 heteroatoms. The van der Waals surface area contributed by atoms with E-state index in [1.165, 1.54) is 0 Å². The first-order valence-corrected chi connectivity index (χ1v) is 7.46. The molecule has 2 N–H and O–H groups in total. The van der Waals surface area contributed by atoms with Gasteiger partial charge >= 0.3 is 5.97 Å². The molecule has 4 nitrogen and oxygen atoms in total. The number of aliphatic imine (C=N–C) groups is 1. The lowest BCUT2D eigenvalue weighted by Crippen LogP contribution is -2.21. The predicted octanol–water partition coefficient (Wildman–Crippen LogP) is 3.60. The maximum absolute atomic E-state index is 12.3. The Kier molecular flexibility index (Phi) is 5.69. The SMILES string of the molecule is CCOC(=O)C(C(=Nc1ccccc1)c1ccccc1)=C(C)N. The van der Waals surface area contributed by atoms with Gasteiger partial charge in [0, 0.05) is 11.3 Å². The third-order valence-electron chi connectivity index (χ3n) is 3.16. The lowest BCUT2D eigenvalue weighted by molar-refractivity contribution is -0.137. The van der Waals surface area contributed by atoms with Gasteiger partial charge in [-0.25, -0.2) is 9.79 Å². The highest BCUT2D eigenvalue weighted by molar-refractivity contribution is 6.27. The normalized spacial score (nSPS) is 12.5. The second kappa shape index (κ2) is 7.94. The van der Waals surface area contributed by atoms with Gasteiger partial charge in [-0.2, -0.15) is 0 Å². The summed E-state index contributed by atoms with van der Waals surface area (Å²) in [6.45, 7) is 3.72. The van der Waals surface area contributed by atoms with E-state index >= 15 is 0 Å². The zero-order valence-corrected chi connectivity index (χ0v) is 13.3. The van der Waals surface area contributed by atoms with Crippen LogP contribution in [0.2, 0.25) is 0 Å². The molecule has 2 aromatic rings. The average molecular weight is 308 g/mol. The molecule has 0 amide bonds. The summed E-state index contributed by atoms with van der Waals surface area (Å²) in [5.41, 5.74) is 8.69. The number of para-hydroxylation sites is 1. The van der Waals surface area contributed by atoms with Gasteiger partial charge in [-0.15, -0.1) is 0 Å². The number of allylic oxidation sites excluding steroid dienone is 1. The molecule has 0 atom stereocenters. The van der Waals surface area contributed by atoms with Gasteiger partial charge in [-0.1, -0.05) is 48.5 Å². The molecule has 0 spiro atoms. The molecular formula is C19H20N2O2. The minimum atomic E-state index is -0.467. The van der Waals surface area contributed by atoms with Crippen LogP contribution < -0.4 is 5.73 Å². The monoisotopic (exact) mass is 308 g/mol. The topological polar surface area (TPSA) is 64.7 Å². The fourth-order valence-electron chi connectivity index (χ4n) is 2.14. The van der Waals surface area contributed by atoms with E-state index in [0.29, 0.717) is 17.0 Å². The van der Waals surface area contributed by atoms with Crippen LogP contribution in [0, 0.1) is 0 Å². The molecule has 2 rings (SSSR count). The van der Waals surface area contributed by atoms with Crippen molar-refractivity contribution in [3.8, 4) is 0 Å². The van der Waals surface area contributed by atoms with Crippen LogP contribution >= 0.6 is 0 Å². The van der Waals surface area contributed by atoms with E-state index in [4.69, 9.17) is 10.5 Å². The van der Waals surface area contributed by atoms with Gasteiger partial charge in [0.15, 0.2) is 0 Å². The van der Waals surface area contributed by atoms with E-state index in [9.17, 15) is 4.79 Å². The van der Waals surface area contributed by atoms with E-state index in [1.807, 2.05) is 60.7 Å². The number of ether oxygens (including phenoxy) is 1. The smallest absolute Gasteiger partial charge is 0.342 e. The second-order valence-corrected chi connectivity index (χ2v) is 4.94. The Balaban J connectivity index is 2.60. The number of nitrogens with two attached hydrogens (primary N) is 1. The zero-order valence-electron chi connectivity index (χ0n) is 13.3. The van der Waals surface area contributed by atoms with Crippen molar-refractivity contribution in [2.45, 2.75) is 13.8 Å². The maximum Gasteiger partial charge on any atom is 0.342 e. The quantitative estimate of drug-likeness (QED) is 0.521. The second-order valence-electron chi connectivity index (χ2n) is 4.94. The summed E-state index contributed by atoms with van der Waals surface area (Å²) in [6, 6.07) is 18.9. The molecule has 0 fully saturated rings. The van der Waals surface area contributed by atoms with E-state index in [1.54, 1.807) is 13.8 Å². The van der Waals surface area contributed by atoms with Crippen molar-refractivity contribution < 1.29 is 9.53 Å². The Bertz CT molecular complexity index is 716. The Morgan fingerprint density at radius 2 is 1.61 bits per heavy atom. The molecule has 118 valence electrons. The van der Waals surface area contributed by atoms with Gasteiger partial charge in [-0.3, -0.25) is 0 Å². The van der Waals surface area contributed by atoms with Crippen molar-refractivity contribution >= 4 is 17.4 Å². The summed E-state index contributed by atoms with van der Waals surface area (Å²) < 4.78 is 5.15. The fourth-order valence-corrected chi connectivity index (χ4v) is 2.14. The third-order valence-corrected chi connectivity index (χ3v) is 3.16. The van der Waals surface area contributed by atoms with Crippen molar-refractivity contribution in [3.05, 3.63) is 77.5 Å². The largest absolute Gasteiger partial charge is 0.462 e. The van der Waals surface area contributed by atoms with Gasteiger partial charge in [-0.05, 0) is 26.0 Å². The molecule has 0 bridgehead atoms. The van der Waals surface area contributed by atoms with Crippen LogP contribution in [0.3, 0.4) is 0 Å². The number of carbonyl (C=O) groups is 1. The Morgan fingerprint density at radius 1 is 1.04 bits per heavy atom. The molecule has 0 radical (unpaired) electrons. The first kappa shape index (κ1) is 16.5. The third kappa shape index (κ3) is 4.30. The molecule has 0 aliphatic rings. The molecule has 0 aromatic heterocycles. The molecule has 23 heavy (non-hydrogen) atoms. The van der Waals surface area contributed by atoms with Crippen molar-refractivity contribution in [2.75, 3.05) is 6.61 Å². The van der Waals surface area contributed by atoms with Crippen molar-refractivity contribution in [1.29, 1.82) is 0 Å². The Labute approximate surface area is 136 Å². The van der Waals surface area contributed by atoms with Gasteiger partial charge in [0.1, 0.15) is 5.57 Å². The first-order chi connectivity index (χ1) is 11.1. The highest BCUT2D eigenvalue weighted by Crippen LogP contribution is 2.19. The highest BCUT2D eigenvalue weighted by Gasteiger charge is 2.21. The van der Waals surface area contributed by atoms with Crippen LogP contribution in [0.15, 0.2) is 76.9 Å². The highest BCUT2D eigenvalue weighted by atomic mass is 16.5. The number of nitrogens with zero attached hydrogens (tertiary/aromatic N) is 1. The van der Waals surface area contributed by atoms with Gasteiger partial charge < -0.3 is 10.5 Å². The number of hydrogen-bond acceptors (Lipinski definition) is 4. The Hall–Kier alpha value is -2.88. The summed E-state index contributed by atoms with van der Waals surface area (Å²) in [6.07, 6.45) is 0. The molecule has 0 saturated carbocycles. The fraction of sp³-hybridized carbons (Fsp3) is 0.158. The Morgan fingerprint density at radius 3 is 2.13 bits per heavy atom. The van der Waals surface area contributed by atoms with Crippen LogP contribution in [-0.2, 0) is 9.53 Å². The minimum absolute atomic E-state index is 0.281. The standard InChI is InChI=1S/C19H20N2O2/c1-3-23-19(22)17(14(2)20)18(15-10-6-4-7-11-15)21-16-12-8-5-9-13-16/h4-13H,3,20H2,1-2H3. The summed E-state index contributed by atoms with van der Waals surface area (Å²) in [4.78, 5) is 17.0. The molecule has 0 aliphatic carbocycles. The van der Waals surface area contributed by atoms with Crippen LogP contribution in [0.4, 0.5) is 5.69 Å². The van der Waals surface area contributed by atoms with Crippen molar-refractivity contribution in [1.82, 2.24) is 0 Å². The number of carbonyl (C=O) groups excluding carboxylic acids is 1. The molecule has 2 aromatic carbocycles. The number of hydrogen-bond donors (Lipinski definition) is 1. The van der Waals surface area contributed by atoms with E-state index < -0.39 is 5.97 Å². The lowest BCUT2D eigenvalue weighted by Gasteiger charge is -2.12. The summed E-state index contributed by atoms with van der Waals surface area (Å²) in [5.74, 6) is -0.467. The van der Waals surface area contributed by atoms with E-state index in [-0.39, 0.29) is 6.61 Å². The molecule has 0 aliphatic heterocycles.